The van der Waals surface area contributed by atoms with Crippen LogP contribution in [0.3, 0.4) is 0 Å². The third-order valence-electron chi connectivity index (χ3n) is 5.16. The minimum Gasteiger partial charge on any atom is -0.497 e. The number of nitrogens with zero attached hydrogens (tertiary/aromatic N) is 3. The van der Waals surface area contributed by atoms with E-state index in [1.165, 1.54) is 6.92 Å². The number of carbonyl (C=O) groups is 3. The number of rotatable bonds is 3. The van der Waals surface area contributed by atoms with Gasteiger partial charge in [0.2, 0.25) is 11.8 Å². The minimum atomic E-state index is -0.337. The lowest BCUT2D eigenvalue weighted by atomic mass is 10.1. The lowest BCUT2D eigenvalue weighted by molar-refractivity contribution is -0.143. The molecule has 0 bridgehead atoms. The first-order valence-electron chi connectivity index (χ1n) is 9.00. The summed E-state index contributed by atoms with van der Waals surface area (Å²) >= 11 is 0. The van der Waals surface area contributed by atoms with Gasteiger partial charge >= 0.3 is 0 Å². The second-order valence-electron chi connectivity index (χ2n) is 6.72. The lowest BCUT2D eigenvalue weighted by Gasteiger charge is -2.37. The van der Waals surface area contributed by atoms with Gasteiger partial charge in [-0.1, -0.05) is 0 Å². The lowest BCUT2D eigenvalue weighted by Crippen LogP contribution is -2.55. The maximum atomic E-state index is 12.7. The zero-order valence-electron chi connectivity index (χ0n) is 15.3. The van der Waals surface area contributed by atoms with Gasteiger partial charge < -0.3 is 19.4 Å². The molecule has 1 atom stereocenters. The zero-order chi connectivity index (χ0) is 18.7. The van der Waals surface area contributed by atoms with E-state index >= 15 is 0 Å². The molecule has 2 heterocycles. The molecule has 7 nitrogen and oxygen atoms in total. The summed E-state index contributed by atoms with van der Waals surface area (Å²) in [5.74, 6) is 0.637. The molecule has 2 aliphatic rings. The van der Waals surface area contributed by atoms with Crippen LogP contribution in [0.5, 0.6) is 5.75 Å². The first kappa shape index (κ1) is 18.2. The highest BCUT2D eigenvalue weighted by atomic mass is 16.5. The Bertz CT molecular complexity index is 681. The van der Waals surface area contributed by atoms with Gasteiger partial charge in [0.25, 0.3) is 5.91 Å². The molecular formula is C19H25N3O4. The van der Waals surface area contributed by atoms with Crippen LogP contribution in [0.25, 0.3) is 0 Å². The number of piperazine rings is 1. The van der Waals surface area contributed by atoms with E-state index in [0.29, 0.717) is 44.0 Å². The Morgan fingerprint density at radius 3 is 2.15 bits per heavy atom. The van der Waals surface area contributed by atoms with Crippen molar-refractivity contribution in [3.8, 4) is 5.75 Å². The number of methoxy groups -OCH3 is 1. The average molecular weight is 359 g/mol. The van der Waals surface area contributed by atoms with Crippen LogP contribution < -0.4 is 4.74 Å². The molecule has 1 aromatic rings. The molecule has 2 fully saturated rings. The van der Waals surface area contributed by atoms with Crippen LogP contribution in [0.1, 0.15) is 30.1 Å². The summed E-state index contributed by atoms with van der Waals surface area (Å²) < 4.78 is 5.11. The van der Waals surface area contributed by atoms with Gasteiger partial charge in [-0.25, -0.2) is 0 Å². The van der Waals surface area contributed by atoms with Crippen molar-refractivity contribution in [3.63, 3.8) is 0 Å². The van der Waals surface area contributed by atoms with Gasteiger partial charge in [0.05, 0.1) is 7.11 Å². The summed E-state index contributed by atoms with van der Waals surface area (Å²) in [6, 6.07) is 6.70. The number of carbonyl (C=O) groups excluding carboxylic acids is 3. The molecule has 0 aromatic heterocycles. The number of hydrogen-bond donors (Lipinski definition) is 0. The Kier molecular flexibility index (Phi) is 5.44. The Morgan fingerprint density at radius 1 is 0.962 bits per heavy atom. The first-order chi connectivity index (χ1) is 12.5. The molecule has 2 aliphatic heterocycles. The number of benzene rings is 1. The predicted molar refractivity (Wildman–Crippen MR) is 95.9 cm³/mol. The van der Waals surface area contributed by atoms with Crippen molar-refractivity contribution in [3.05, 3.63) is 29.8 Å². The van der Waals surface area contributed by atoms with Crippen molar-refractivity contribution in [1.29, 1.82) is 0 Å². The van der Waals surface area contributed by atoms with Gasteiger partial charge in [-0.2, -0.15) is 0 Å². The summed E-state index contributed by atoms with van der Waals surface area (Å²) in [5.41, 5.74) is 0.615. The average Bonchev–Trinajstić information content (AvgIpc) is 3.17. The molecule has 2 saturated heterocycles. The Hall–Kier alpha value is -2.57. The van der Waals surface area contributed by atoms with Crippen molar-refractivity contribution in [2.75, 3.05) is 39.8 Å². The molecule has 26 heavy (non-hydrogen) atoms. The standard InChI is InChI=1S/C19H25N3O4/c1-14(23)22-9-3-4-17(22)19(25)21-12-10-20(11-13-21)18(24)15-5-7-16(26-2)8-6-15/h5-8,17H,3-4,9-13H2,1-2H3/t17-/m1/s1. The van der Waals surface area contributed by atoms with E-state index in [-0.39, 0.29) is 23.8 Å². The largest absolute Gasteiger partial charge is 0.497 e. The van der Waals surface area contributed by atoms with Crippen LogP contribution in [-0.4, -0.2) is 78.3 Å². The van der Waals surface area contributed by atoms with E-state index in [1.54, 1.807) is 46.1 Å². The summed E-state index contributed by atoms with van der Waals surface area (Å²) in [5, 5.41) is 0. The second-order valence-corrected chi connectivity index (χ2v) is 6.72. The van der Waals surface area contributed by atoms with E-state index in [0.717, 1.165) is 12.8 Å². The highest BCUT2D eigenvalue weighted by Crippen LogP contribution is 2.21. The molecule has 3 amide bonds. The van der Waals surface area contributed by atoms with Crippen molar-refractivity contribution >= 4 is 17.7 Å². The molecule has 0 radical (unpaired) electrons. The van der Waals surface area contributed by atoms with Gasteiger partial charge in [-0.05, 0) is 37.1 Å². The fraction of sp³-hybridized carbons (Fsp3) is 0.526. The number of hydrogen-bond acceptors (Lipinski definition) is 4. The van der Waals surface area contributed by atoms with Crippen LogP contribution in [0, 0.1) is 0 Å². The van der Waals surface area contributed by atoms with Crippen LogP contribution in [0.2, 0.25) is 0 Å². The van der Waals surface area contributed by atoms with Crippen LogP contribution in [0.4, 0.5) is 0 Å². The van der Waals surface area contributed by atoms with E-state index in [4.69, 9.17) is 4.74 Å². The summed E-state index contributed by atoms with van der Waals surface area (Å²) in [6.07, 6.45) is 1.59. The third-order valence-corrected chi connectivity index (χ3v) is 5.16. The smallest absolute Gasteiger partial charge is 0.253 e. The number of likely N-dealkylation sites (tertiary alicyclic amines) is 1. The van der Waals surface area contributed by atoms with Crippen LogP contribution >= 0.6 is 0 Å². The van der Waals surface area contributed by atoms with E-state index in [2.05, 4.69) is 0 Å². The molecule has 0 aliphatic carbocycles. The fourth-order valence-corrected chi connectivity index (χ4v) is 3.66. The molecule has 0 spiro atoms. The third kappa shape index (κ3) is 3.66. The van der Waals surface area contributed by atoms with E-state index < -0.39 is 0 Å². The van der Waals surface area contributed by atoms with E-state index in [9.17, 15) is 14.4 Å². The number of ether oxygens (including phenoxy) is 1. The molecule has 3 rings (SSSR count). The van der Waals surface area contributed by atoms with Gasteiger partial charge in [-0.3, -0.25) is 14.4 Å². The van der Waals surface area contributed by atoms with Crippen molar-refractivity contribution in [2.45, 2.75) is 25.8 Å². The Balaban J connectivity index is 1.57. The highest BCUT2D eigenvalue weighted by molar-refractivity contribution is 5.94. The summed E-state index contributed by atoms with van der Waals surface area (Å²) in [7, 11) is 1.59. The minimum absolute atomic E-state index is 0.00856. The molecule has 0 unspecified atom stereocenters. The second kappa shape index (κ2) is 7.76. The van der Waals surface area contributed by atoms with Gasteiger partial charge in [0.1, 0.15) is 11.8 Å². The summed E-state index contributed by atoms with van der Waals surface area (Å²) in [4.78, 5) is 42.2. The maximum Gasteiger partial charge on any atom is 0.253 e. The van der Waals surface area contributed by atoms with Crippen molar-refractivity contribution in [1.82, 2.24) is 14.7 Å². The Morgan fingerprint density at radius 2 is 1.58 bits per heavy atom. The maximum absolute atomic E-state index is 12.7. The van der Waals surface area contributed by atoms with Gasteiger partial charge in [-0.15, -0.1) is 0 Å². The predicted octanol–water partition coefficient (Wildman–Crippen LogP) is 0.990. The SMILES string of the molecule is COc1ccc(C(=O)N2CCN(C(=O)[C@H]3CCCN3C(C)=O)CC2)cc1. The normalized spacial score (nSPS) is 20.2. The van der Waals surface area contributed by atoms with Crippen LogP contribution in [0.15, 0.2) is 24.3 Å². The molecule has 0 saturated carbocycles. The topological polar surface area (TPSA) is 70.2 Å². The molecule has 1 aromatic carbocycles. The zero-order valence-corrected chi connectivity index (χ0v) is 15.3. The molecule has 7 heteroatoms. The number of amides is 3. The van der Waals surface area contributed by atoms with Crippen molar-refractivity contribution < 1.29 is 19.1 Å². The van der Waals surface area contributed by atoms with Crippen LogP contribution in [-0.2, 0) is 9.59 Å². The van der Waals surface area contributed by atoms with Gasteiger partial charge in [0, 0.05) is 45.2 Å². The van der Waals surface area contributed by atoms with Crippen molar-refractivity contribution in [2.24, 2.45) is 0 Å². The quantitative estimate of drug-likeness (QED) is 0.807. The monoisotopic (exact) mass is 359 g/mol. The molecular weight excluding hydrogens is 334 g/mol. The first-order valence-corrected chi connectivity index (χ1v) is 9.00. The van der Waals surface area contributed by atoms with Gasteiger partial charge in [0.15, 0.2) is 0 Å². The Labute approximate surface area is 153 Å². The highest BCUT2D eigenvalue weighted by Gasteiger charge is 2.36. The fourth-order valence-electron chi connectivity index (χ4n) is 3.66. The molecule has 0 N–H and O–H groups in total. The molecule has 140 valence electrons. The van der Waals surface area contributed by atoms with E-state index in [1.807, 2.05) is 0 Å². The summed E-state index contributed by atoms with van der Waals surface area (Å²) in [6.45, 7) is 4.18.